The first-order chi connectivity index (χ1) is 17.6. The molecule has 36 heavy (non-hydrogen) atoms. The fourth-order valence-corrected chi connectivity index (χ4v) is 4.87. The molecule has 0 unspecified atom stereocenters. The number of thioether (sulfide) groups is 1. The Kier molecular flexibility index (Phi) is 6.99. The van der Waals surface area contributed by atoms with Crippen molar-refractivity contribution in [3.63, 3.8) is 0 Å². The lowest BCUT2D eigenvalue weighted by molar-refractivity contribution is -0.117. The highest BCUT2D eigenvalue weighted by atomic mass is 32.2. The van der Waals surface area contributed by atoms with Crippen LogP contribution in [0.2, 0.25) is 0 Å². The third kappa shape index (κ3) is 5.11. The van der Waals surface area contributed by atoms with Crippen molar-refractivity contribution in [3.8, 4) is 22.8 Å². The predicted molar refractivity (Wildman–Crippen MR) is 141 cm³/mol. The highest BCUT2D eigenvalue weighted by Crippen LogP contribution is 2.30. The van der Waals surface area contributed by atoms with Crippen LogP contribution in [0.3, 0.4) is 0 Å². The van der Waals surface area contributed by atoms with Gasteiger partial charge in [0.05, 0.1) is 12.9 Å². The smallest absolute Gasteiger partial charge is 0.234 e. The molecule has 9 heteroatoms. The van der Waals surface area contributed by atoms with Crippen molar-refractivity contribution in [1.29, 1.82) is 0 Å². The van der Waals surface area contributed by atoms with Crippen molar-refractivity contribution in [3.05, 3.63) is 78.9 Å². The van der Waals surface area contributed by atoms with Crippen LogP contribution in [-0.4, -0.2) is 46.0 Å². The van der Waals surface area contributed by atoms with E-state index < -0.39 is 0 Å². The Hall–Kier alpha value is -4.11. The second kappa shape index (κ2) is 10.7. The van der Waals surface area contributed by atoms with Gasteiger partial charge in [0.1, 0.15) is 5.75 Å². The Morgan fingerprint density at radius 2 is 1.81 bits per heavy atom. The molecule has 0 spiro atoms. The summed E-state index contributed by atoms with van der Waals surface area (Å²) in [7, 11) is 1.62. The van der Waals surface area contributed by atoms with E-state index in [2.05, 4.69) is 15.5 Å². The molecule has 1 aliphatic heterocycles. The highest BCUT2D eigenvalue weighted by molar-refractivity contribution is 7.99. The largest absolute Gasteiger partial charge is 0.497 e. The molecule has 0 radical (unpaired) electrons. The minimum absolute atomic E-state index is 0.112. The fourth-order valence-electron chi connectivity index (χ4n) is 4.12. The number of nitrogens with zero attached hydrogens (tertiary/aromatic N) is 4. The molecule has 3 aromatic carbocycles. The second-order valence-electron chi connectivity index (χ2n) is 8.25. The van der Waals surface area contributed by atoms with Gasteiger partial charge in [-0.25, -0.2) is 0 Å². The van der Waals surface area contributed by atoms with Gasteiger partial charge in [-0.2, -0.15) is 0 Å². The summed E-state index contributed by atoms with van der Waals surface area (Å²) < 4.78 is 7.31. The number of carbonyl (C=O) groups is 2. The number of benzene rings is 3. The first kappa shape index (κ1) is 23.6. The molecule has 0 bridgehead atoms. The van der Waals surface area contributed by atoms with Crippen LogP contribution in [0.1, 0.15) is 12.8 Å². The van der Waals surface area contributed by atoms with Crippen molar-refractivity contribution in [2.45, 2.75) is 18.0 Å². The molecule has 0 aliphatic carbocycles. The summed E-state index contributed by atoms with van der Waals surface area (Å²) in [5.41, 5.74) is 3.20. The SMILES string of the molecule is COc1cccc(-c2nnc(SCC(=O)Nc3cccc(N4CCCC4=O)c3)n2-c2ccccc2)c1. The number of nitrogens with one attached hydrogen (secondary N) is 1. The third-order valence-electron chi connectivity index (χ3n) is 5.82. The van der Waals surface area contributed by atoms with E-state index >= 15 is 0 Å². The van der Waals surface area contributed by atoms with Crippen LogP contribution < -0.4 is 15.0 Å². The van der Waals surface area contributed by atoms with Crippen molar-refractivity contribution >= 4 is 35.0 Å². The second-order valence-corrected chi connectivity index (χ2v) is 9.19. The number of carbonyl (C=O) groups excluding carboxylic acids is 2. The average Bonchev–Trinajstić information content (AvgIpc) is 3.54. The van der Waals surface area contributed by atoms with E-state index in [1.54, 1.807) is 12.0 Å². The summed E-state index contributed by atoms with van der Waals surface area (Å²) in [4.78, 5) is 26.6. The van der Waals surface area contributed by atoms with Gasteiger partial charge < -0.3 is 15.0 Å². The van der Waals surface area contributed by atoms with Gasteiger partial charge in [-0.3, -0.25) is 14.2 Å². The lowest BCUT2D eigenvalue weighted by Gasteiger charge is -2.16. The van der Waals surface area contributed by atoms with Crippen LogP contribution in [0.15, 0.2) is 84.0 Å². The molecule has 8 nitrogen and oxygen atoms in total. The van der Waals surface area contributed by atoms with Gasteiger partial charge in [-0.1, -0.05) is 48.2 Å². The maximum absolute atomic E-state index is 12.8. The van der Waals surface area contributed by atoms with E-state index in [9.17, 15) is 9.59 Å². The molecule has 1 N–H and O–H groups in total. The van der Waals surface area contributed by atoms with E-state index in [-0.39, 0.29) is 17.6 Å². The van der Waals surface area contributed by atoms with E-state index in [4.69, 9.17) is 4.74 Å². The van der Waals surface area contributed by atoms with Crippen LogP contribution in [0.4, 0.5) is 11.4 Å². The van der Waals surface area contributed by atoms with Crippen molar-refractivity contribution < 1.29 is 14.3 Å². The molecule has 1 aliphatic rings. The maximum atomic E-state index is 12.8. The average molecular weight is 500 g/mol. The van der Waals surface area contributed by atoms with Gasteiger partial charge in [0.25, 0.3) is 0 Å². The molecule has 1 aromatic heterocycles. The summed E-state index contributed by atoms with van der Waals surface area (Å²) in [6, 6.07) is 24.8. The van der Waals surface area contributed by atoms with E-state index in [0.717, 1.165) is 29.1 Å². The van der Waals surface area contributed by atoms with Gasteiger partial charge in [0, 0.05) is 35.6 Å². The summed E-state index contributed by atoms with van der Waals surface area (Å²) in [6.07, 6.45) is 1.42. The molecule has 2 heterocycles. The molecular formula is C27H25N5O3S. The van der Waals surface area contributed by atoms with E-state index in [0.29, 0.717) is 29.6 Å². The number of amides is 2. The Morgan fingerprint density at radius 3 is 2.58 bits per heavy atom. The molecular weight excluding hydrogens is 474 g/mol. The maximum Gasteiger partial charge on any atom is 0.234 e. The Balaban J connectivity index is 1.34. The van der Waals surface area contributed by atoms with Crippen LogP contribution in [-0.2, 0) is 9.59 Å². The molecule has 0 saturated carbocycles. The molecule has 4 aromatic rings. The zero-order valence-electron chi connectivity index (χ0n) is 19.8. The summed E-state index contributed by atoms with van der Waals surface area (Å²) >= 11 is 1.31. The number of para-hydroxylation sites is 1. The normalized spacial score (nSPS) is 13.1. The standard InChI is InChI=1S/C27H25N5O3S/c1-35-23-13-5-8-19(16-23)26-29-30-27(32(26)21-10-3-2-4-11-21)36-18-24(33)28-20-9-6-12-22(17-20)31-15-7-14-25(31)34/h2-6,8-13,16-17H,7,14-15,18H2,1H3,(H,28,33). The predicted octanol–water partition coefficient (Wildman–Crippen LogP) is 4.80. The molecule has 1 fully saturated rings. The molecule has 1 saturated heterocycles. The minimum Gasteiger partial charge on any atom is -0.497 e. The summed E-state index contributed by atoms with van der Waals surface area (Å²) in [6.45, 7) is 0.705. The lowest BCUT2D eigenvalue weighted by Crippen LogP contribution is -2.23. The van der Waals surface area contributed by atoms with Crippen LogP contribution in [0.25, 0.3) is 17.1 Å². The van der Waals surface area contributed by atoms with Gasteiger partial charge in [-0.15, -0.1) is 10.2 Å². The highest BCUT2D eigenvalue weighted by Gasteiger charge is 2.22. The zero-order chi connectivity index (χ0) is 24.9. The van der Waals surface area contributed by atoms with Gasteiger partial charge in [0.2, 0.25) is 11.8 Å². The van der Waals surface area contributed by atoms with Gasteiger partial charge in [-0.05, 0) is 48.9 Å². The number of rotatable bonds is 8. The Bertz CT molecular complexity index is 1390. The van der Waals surface area contributed by atoms with Crippen molar-refractivity contribution in [2.75, 3.05) is 29.6 Å². The first-order valence-electron chi connectivity index (χ1n) is 11.6. The molecule has 5 rings (SSSR count). The Labute approximate surface area is 213 Å². The summed E-state index contributed by atoms with van der Waals surface area (Å²) in [5, 5.41) is 12.4. The quantitative estimate of drug-likeness (QED) is 0.350. The fraction of sp³-hybridized carbons (Fsp3) is 0.185. The lowest BCUT2D eigenvalue weighted by atomic mass is 10.2. The van der Waals surface area contributed by atoms with Crippen LogP contribution >= 0.6 is 11.8 Å². The van der Waals surface area contributed by atoms with Gasteiger partial charge >= 0.3 is 0 Å². The zero-order valence-corrected chi connectivity index (χ0v) is 20.6. The topological polar surface area (TPSA) is 89.3 Å². The number of aromatic nitrogens is 3. The van der Waals surface area contributed by atoms with Crippen molar-refractivity contribution in [2.24, 2.45) is 0 Å². The van der Waals surface area contributed by atoms with E-state index in [1.165, 1.54) is 11.8 Å². The first-order valence-corrected chi connectivity index (χ1v) is 12.6. The van der Waals surface area contributed by atoms with Crippen LogP contribution in [0, 0.1) is 0 Å². The molecule has 0 atom stereocenters. The molecule has 182 valence electrons. The van der Waals surface area contributed by atoms with Crippen LogP contribution in [0.5, 0.6) is 5.75 Å². The molecule has 2 amide bonds. The number of methoxy groups -OCH3 is 1. The monoisotopic (exact) mass is 499 g/mol. The number of hydrogen-bond donors (Lipinski definition) is 1. The van der Waals surface area contributed by atoms with Crippen molar-refractivity contribution in [1.82, 2.24) is 14.8 Å². The number of anilines is 2. The minimum atomic E-state index is -0.171. The van der Waals surface area contributed by atoms with Gasteiger partial charge in [0.15, 0.2) is 11.0 Å². The Morgan fingerprint density at radius 1 is 1.00 bits per heavy atom. The number of hydrogen-bond acceptors (Lipinski definition) is 6. The van der Waals surface area contributed by atoms with E-state index in [1.807, 2.05) is 83.4 Å². The number of ether oxygens (including phenoxy) is 1. The summed E-state index contributed by atoms with van der Waals surface area (Å²) in [5.74, 6) is 1.47. The third-order valence-corrected chi connectivity index (χ3v) is 6.75.